The Kier molecular flexibility index (Phi) is 5.08. The second-order valence-electron chi connectivity index (χ2n) is 5.78. The Morgan fingerprint density at radius 3 is 3.04 bits per heavy atom. The van der Waals surface area contributed by atoms with Crippen molar-refractivity contribution < 1.29 is 9.53 Å². The van der Waals surface area contributed by atoms with Crippen LogP contribution in [0.25, 0.3) is 10.9 Å². The summed E-state index contributed by atoms with van der Waals surface area (Å²) in [6, 6.07) is 9.74. The van der Waals surface area contributed by atoms with E-state index < -0.39 is 0 Å². The van der Waals surface area contributed by atoms with Gasteiger partial charge in [0.05, 0.1) is 12.1 Å². The summed E-state index contributed by atoms with van der Waals surface area (Å²) in [6.07, 6.45) is 1.85. The normalized spacial score (nSPS) is 15.4. The first kappa shape index (κ1) is 15.7. The Balaban J connectivity index is 1.97. The minimum Gasteiger partial charge on any atom is -0.477 e. The molecule has 1 aromatic heterocycles. The van der Waals surface area contributed by atoms with Gasteiger partial charge in [0.1, 0.15) is 5.56 Å². The molecule has 23 heavy (non-hydrogen) atoms. The van der Waals surface area contributed by atoms with E-state index in [4.69, 9.17) is 4.74 Å². The zero-order valence-electron chi connectivity index (χ0n) is 13.5. The van der Waals surface area contributed by atoms with Crippen molar-refractivity contribution in [2.45, 2.75) is 19.8 Å². The first-order valence-corrected chi connectivity index (χ1v) is 8.32. The van der Waals surface area contributed by atoms with Crippen LogP contribution in [0.2, 0.25) is 0 Å². The third-order valence-corrected chi connectivity index (χ3v) is 3.99. The van der Waals surface area contributed by atoms with E-state index in [-0.39, 0.29) is 5.91 Å². The lowest BCUT2D eigenvalue weighted by atomic mass is 10.1. The van der Waals surface area contributed by atoms with Gasteiger partial charge in [-0.2, -0.15) is 0 Å². The number of para-hydroxylation sites is 1. The van der Waals surface area contributed by atoms with Gasteiger partial charge in [0, 0.05) is 25.0 Å². The summed E-state index contributed by atoms with van der Waals surface area (Å²) in [5, 5.41) is 4.29. The van der Waals surface area contributed by atoms with Crippen molar-refractivity contribution in [3.63, 3.8) is 0 Å². The van der Waals surface area contributed by atoms with E-state index >= 15 is 0 Å². The van der Waals surface area contributed by atoms with Crippen molar-refractivity contribution in [3.05, 3.63) is 35.9 Å². The van der Waals surface area contributed by atoms with Gasteiger partial charge in [-0.05, 0) is 31.5 Å². The molecule has 0 bridgehead atoms. The molecule has 1 aromatic carbocycles. The van der Waals surface area contributed by atoms with E-state index in [1.54, 1.807) is 0 Å². The number of nitrogens with zero attached hydrogens (tertiary/aromatic N) is 2. The summed E-state index contributed by atoms with van der Waals surface area (Å²) < 4.78 is 5.76. The molecular formula is C18H23N3O2. The fraction of sp³-hybridized carbons (Fsp3) is 0.444. The minimum absolute atomic E-state index is 0.0121. The second-order valence-corrected chi connectivity index (χ2v) is 5.78. The Morgan fingerprint density at radius 2 is 2.17 bits per heavy atom. The standard InChI is InChI=1S/C18H23N3O2/c1-2-12-23-17-15(13-14-6-3-4-7-16(14)20-17)18(22)21-10-5-8-19-9-11-21/h3-4,6-7,13,19H,2,5,8-12H2,1H3. The zero-order valence-corrected chi connectivity index (χ0v) is 13.5. The van der Waals surface area contributed by atoms with Crippen LogP contribution >= 0.6 is 0 Å². The van der Waals surface area contributed by atoms with E-state index in [2.05, 4.69) is 10.3 Å². The lowest BCUT2D eigenvalue weighted by Crippen LogP contribution is -2.34. The van der Waals surface area contributed by atoms with Crippen LogP contribution in [-0.2, 0) is 0 Å². The number of nitrogens with one attached hydrogen (secondary N) is 1. The average Bonchev–Trinajstić information content (AvgIpc) is 2.88. The molecule has 0 radical (unpaired) electrons. The molecule has 5 nitrogen and oxygen atoms in total. The summed E-state index contributed by atoms with van der Waals surface area (Å²) in [4.78, 5) is 19.4. The first-order valence-electron chi connectivity index (χ1n) is 8.32. The Bertz CT molecular complexity index is 679. The van der Waals surface area contributed by atoms with Crippen LogP contribution in [0.15, 0.2) is 30.3 Å². The highest BCUT2D eigenvalue weighted by molar-refractivity contribution is 5.99. The minimum atomic E-state index is 0.0121. The summed E-state index contributed by atoms with van der Waals surface area (Å²) in [5.74, 6) is 0.464. The number of hydrogen-bond donors (Lipinski definition) is 1. The van der Waals surface area contributed by atoms with Crippen molar-refractivity contribution in [1.82, 2.24) is 15.2 Å². The van der Waals surface area contributed by atoms with Gasteiger partial charge in [-0.3, -0.25) is 4.79 Å². The molecule has 0 saturated carbocycles. The van der Waals surface area contributed by atoms with E-state index in [9.17, 15) is 4.79 Å². The van der Waals surface area contributed by atoms with Crippen molar-refractivity contribution in [3.8, 4) is 5.88 Å². The summed E-state index contributed by atoms with van der Waals surface area (Å²) in [5.41, 5.74) is 1.42. The number of pyridine rings is 1. The molecular weight excluding hydrogens is 290 g/mol. The van der Waals surface area contributed by atoms with Crippen LogP contribution in [-0.4, -0.2) is 48.6 Å². The van der Waals surface area contributed by atoms with Crippen LogP contribution in [0.5, 0.6) is 5.88 Å². The van der Waals surface area contributed by atoms with E-state index in [0.29, 0.717) is 18.1 Å². The molecule has 0 spiro atoms. The predicted molar refractivity (Wildman–Crippen MR) is 90.9 cm³/mol. The number of aromatic nitrogens is 1. The molecule has 1 aliphatic heterocycles. The Morgan fingerprint density at radius 1 is 1.30 bits per heavy atom. The van der Waals surface area contributed by atoms with Gasteiger partial charge >= 0.3 is 0 Å². The van der Waals surface area contributed by atoms with Crippen LogP contribution in [0, 0.1) is 0 Å². The molecule has 0 unspecified atom stereocenters. The summed E-state index contributed by atoms with van der Waals surface area (Å²) in [7, 11) is 0. The van der Waals surface area contributed by atoms with Crippen molar-refractivity contribution in [2.75, 3.05) is 32.8 Å². The molecule has 5 heteroatoms. The third-order valence-electron chi connectivity index (χ3n) is 3.99. The van der Waals surface area contributed by atoms with Crippen molar-refractivity contribution in [1.29, 1.82) is 0 Å². The molecule has 1 aliphatic rings. The molecule has 1 saturated heterocycles. The zero-order chi connectivity index (χ0) is 16.1. The first-order chi connectivity index (χ1) is 11.3. The lowest BCUT2D eigenvalue weighted by molar-refractivity contribution is 0.0761. The summed E-state index contributed by atoms with van der Waals surface area (Å²) in [6.45, 7) is 5.89. The smallest absolute Gasteiger partial charge is 0.259 e. The molecule has 1 N–H and O–H groups in total. The number of carbonyl (C=O) groups excluding carboxylic acids is 1. The number of rotatable bonds is 4. The monoisotopic (exact) mass is 313 g/mol. The van der Waals surface area contributed by atoms with Gasteiger partial charge < -0.3 is 15.0 Å². The van der Waals surface area contributed by atoms with E-state index in [1.807, 2.05) is 42.2 Å². The molecule has 122 valence electrons. The SMILES string of the molecule is CCCOc1nc2ccccc2cc1C(=O)N1CCCNCC1. The van der Waals surface area contributed by atoms with Gasteiger partial charge in [0.25, 0.3) is 5.91 Å². The molecule has 2 aromatic rings. The largest absolute Gasteiger partial charge is 0.477 e. The Hall–Kier alpha value is -2.14. The maximum absolute atomic E-state index is 13.0. The van der Waals surface area contributed by atoms with Gasteiger partial charge in [-0.25, -0.2) is 4.98 Å². The fourth-order valence-electron chi connectivity index (χ4n) is 2.78. The van der Waals surface area contributed by atoms with Crippen molar-refractivity contribution >= 4 is 16.8 Å². The lowest BCUT2D eigenvalue weighted by Gasteiger charge is -2.21. The van der Waals surface area contributed by atoms with Crippen LogP contribution < -0.4 is 10.1 Å². The Labute approximate surface area is 136 Å². The van der Waals surface area contributed by atoms with Gasteiger partial charge in [-0.1, -0.05) is 25.1 Å². The van der Waals surface area contributed by atoms with Gasteiger partial charge in [-0.15, -0.1) is 0 Å². The van der Waals surface area contributed by atoms with E-state index in [0.717, 1.165) is 49.9 Å². The molecule has 0 atom stereocenters. The van der Waals surface area contributed by atoms with Gasteiger partial charge in [0.15, 0.2) is 0 Å². The third kappa shape index (κ3) is 3.62. The number of benzene rings is 1. The molecule has 0 aliphatic carbocycles. The quantitative estimate of drug-likeness (QED) is 0.942. The predicted octanol–water partition coefficient (Wildman–Crippen LogP) is 2.46. The van der Waals surface area contributed by atoms with Crippen LogP contribution in [0.3, 0.4) is 0 Å². The fourth-order valence-corrected chi connectivity index (χ4v) is 2.78. The highest BCUT2D eigenvalue weighted by Crippen LogP contribution is 2.24. The molecule has 1 fully saturated rings. The van der Waals surface area contributed by atoms with Crippen molar-refractivity contribution in [2.24, 2.45) is 0 Å². The van der Waals surface area contributed by atoms with Crippen LogP contribution in [0.1, 0.15) is 30.1 Å². The highest BCUT2D eigenvalue weighted by atomic mass is 16.5. The number of ether oxygens (including phenoxy) is 1. The number of carbonyl (C=O) groups is 1. The molecule has 3 rings (SSSR count). The topological polar surface area (TPSA) is 54.5 Å². The number of amides is 1. The molecule has 2 heterocycles. The molecule has 1 amide bonds. The number of fused-ring (bicyclic) bond motifs is 1. The van der Waals surface area contributed by atoms with Gasteiger partial charge in [0.2, 0.25) is 5.88 Å². The highest BCUT2D eigenvalue weighted by Gasteiger charge is 2.22. The number of hydrogen-bond acceptors (Lipinski definition) is 4. The second kappa shape index (κ2) is 7.42. The average molecular weight is 313 g/mol. The maximum Gasteiger partial charge on any atom is 0.259 e. The maximum atomic E-state index is 13.0. The van der Waals surface area contributed by atoms with Crippen LogP contribution in [0.4, 0.5) is 0 Å². The van der Waals surface area contributed by atoms with E-state index in [1.165, 1.54) is 0 Å². The summed E-state index contributed by atoms with van der Waals surface area (Å²) >= 11 is 0.